The highest BCUT2D eigenvalue weighted by molar-refractivity contribution is 6.06. The monoisotopic (exact) mass is 290 g/mol. The minimum atomic E-state index is -0.0876. The molecule has 110 valence electrons. The maximum absolute atomic E-state index is 12.4. The Morgan fingerprint density at radius 3 is 2.77 bits per heavy atom. The Kier molecular flexibility index (Phi) is 3.79. The van der Waals surface area contributed by atoms with Gasteiger partial charge in [0, 0.05) is 23.0 Å². The first kappa shape index (κ1) is 14.1. The molecular weight excluding hydrogens is 272 g/mol. The van der Waals surface area contributed by atoms with Crippen LogP contribution in [0.15, 0.2) is 54.7 Å². The van der Waals surface area contributed by atoms with E-state index < -0.39 is 0 Å². The Morgan fingerprint density at radius 2 is 2.00 bits per heavy atom. The second kappa shape index (κ2) is 5.90. The van der Waals surface area contributed by atoms with Gasteiger partial charge in [-0.3, -0.25) is 4.79 Å². The van der Waals surface area contributed by atoms with Crippen LogP contribution < -0.4 is 5.32 Å². The summed E-state index contributed by atoms with van der Waals surface area (Å²) in [6.45, 7) is 3.93. The van der Waals surface area contributed by atoms with Crippen molar-refractivity contribution in [2.24, 2.45) is 0 Å². The first-order chi connectivity index (χ1) is 10.7. The zero-order valence-electron chi connectivity index (χ0n) is 12.7. The van der Waals surface area contributed by atoms with Crippen LogP contribution in [0.1, 0.15) is 28.4 Å². The van der Waals surface area contributed by atoms with Crippen molar-refractivity contribution >= 4 is 28.6 Å². The van der Waals surface area contributed by atoms with Crippen molar-refractivity contribution in [3.8, 4) is 0 Å². The number of fused-ring (bicyclic) bond motifs is 1. The zero-order chi connectivity index (χ0) is 15.5. The molecule has 2 N–H and O–H groups in total. The number of benzene rings is 2. The highest BCUT2D eigenvalue weighted by Crippen LogP contribution is 2.19. The van der Waals surface area contributed by atoms with Gasteiger partial charge >= 0.3 is 0 Å². The van der Waals surface area contributed by atoms with Gasteiger partial charge in [-0.05, 0) is 54.6 Å². The van der Waals surface area contributed by atoms with Gasteiger partial charge in [0.15, 0.2) is 0 Å². The quantitative estimate of drug-likeness (QED) is 0.717. The van der Waals surface area contributed by atoms with E-state index in [1.54, 1.807) is 0 Å². The lowest BCUT2D eigenvalue weighted by Crippen LogP contribution is -2.13. The third kappa shape index (κ3) is 2.79. The van der Waals surface area contributed by atoms with Crippen LogP contribution in [-0.4, -0.2) is 10.9 Å². The van der Waals surface area contributed by atoms with Gasteiger partial charge in [-0.25, -0.2) is 0 Å². The standard InChI is InChI=1S/C19H18N2O/c1-3-4-14-5-8-17(13(2)11-14)19(22)21-16-7-6-15-9-10-20-18(15)12-16/h3-12,20H,1-2H3,(H,21,22)/b4-3+. The molecule has 1 heterocycles. The number of aromatic amines is 1. The number of carbonyl (C=O) groups excluding carboxylic acids is 1. The first-order valence-electron chi connectivity index (χ1n) is 7.29. The maximum atomic E-state index is 12.4. The van der Waals surface area contributed by atoms with Crippen molar-refractivity contribution in [1.29, 1.82) is 0 Å². The number of H-pyrrole nitrogens is 1. The summed E-state index contributed by atoms with van der Waals surface area (Å²) in [6.07, 6.45) is 5.90. The minimum Gasteiger partial charge on any atom is -0.361 e. The lowest BCUT2D eigenvalue weighted by atomic mass is 10.0. The molecule has 1 amide bonds. The molecule has 1 aromatic heterocycles. The number of hydrogen-bond acceptors (Lipinski definition) is 1. The van der Waals surface area contributed by atoms with Crippen LogP contribution in [0.5, 0.6) is 0 Å². The number of aryl methyl sites for hydroxylation is 1. The molecule has 3 nitrogen and oxygen atoms in total. The van der Waals surface area contributed by atoms with Gasteiger partial charge in [0.1, 0.15) is 0 Å². The number of carbonyl (C=O) groups is 1. The lowest BCUT2D eigenvalue weighted by Gasteiger charge is -2.09. The first-order valence-corrected chi connectivity index (χ1v) is 7.29. The molecule has 0 aliphatic carbocycles. The van der Waals surface area contributed by atoms with Crippen molar-refractivity contribution in [3.05, 3.63) is 71.4 Å². The van der Waals surface area contributed by atoms with Crippen LogP contribution in [0.2, 0.25) is 0 Å². The molecule has 3 rings (SSSR count). The van der Waals surface area contributed by atoms with Gasteiger partial charge in [0.05, 0.1) is 0 Å². The molecule has 0 fully saturated rings. The predicted octanol–water partition coefficient (Wildman–Crippen LogP) is 4.76. The Morgan fingerprint density at radius 1 is 1.14 bits per heavy atom. The summed E-state index contributed by atoms with van der Waals surface area (Å²) in [4.78, 5) is 15.6. The molecule has 0 radical (unpaired) electrons. The van der Waals surface area contributed by atoms with Crippen LogP contribution in [0.4, 0.5) is 5.69 Å². The summed E-state index contributed by atoms with van der Waals surface area (Å²) in [7, 11) is 0. The third-order valence-electron chi connectivity index (χ3n) is 3.67. The van der Waals surface area contributed by atoms with Crippen LogP contribution in [0.25, 0.3) is 17.0 Å². The van der Waals surface area contributed by atoms with E-state index in [2.05, 4.69) is 10.3 Å². The summed E-state index contributed by atoms with van der Waals surface area (Å²) in [5.41, 5.74) is 4.56. The number of nitrogens with one attached hydrogen (secondary N) is 2. The molecular formula is C19H18N2O. The van der Waals surface area contributed by atoms with Crippen molar-refractivity contribution in [2.45, 2.75) is 13.8 Å². The second-order valence-electron chi connectivity index (χ2n) is 5.31. The van der Waals surface area contributed by atoms with Crippen molar-refractivity contribution in [2.75, 3.05) is 5.32 Å². The Labute approximate surface area is 129 Å². The fourth-order valence-corrected chi connectivity index (χ4v) is 2.56. The molecule has 0 unspecified atom stereocenters. The van der Waals surface area contributed by atoms with Crippen LogP contribution in [-0.2, 0) is 0 Å². The summed E-state index contributed by atoms with van der Waals surface area (Å²) in [5.74, 6) is -0.0876. The highest BCUT2D eigenvalue weighted by atomic mass is 16.1. The molecule has 3 heteroatoms. The number of amides is 1. The highest BCUT2D eigenvalue weighted by Gasteiger charge is 2.10. The van der Waals surface area contributed by atoms with E-state index in [4.69, 9.17) is 0 Å². The normalized spacial score (nSPS) is 11.2. The zero-order valence-corrected chi connectivity index (χ0v) is 12.7. The fraction of sp³-hybridized carbons (Fsp3) is 0.105. The molecule has 22 heavy (non-hydrogen) atoms. The molecule has 0 saturated heterocycles. The van der Waals surface area contributed by atoms with Gasteiger partial charge in [0.2, 0.25) is 0 Å². The predicted molar refractivity (Wildman–Crippen MR) is 92.1 cm³/mol. The SMILES string of the molecule is C/C=C/c1ccc(C(=O)Nc2ccc3cc[nH]c3c2)c(C)c1. The summed E-state index contributed by atoms with van der Waals surface area (Å²) >= 11 is 0. The Bertz CT molecular complexity index is 859. The summed E-state index contributed by atoms with van der Waals surface area (Å²) < 4.78 is 0. The number of hydrogen-bond donors (Lipinski definition) is 2. The van der Waals surface area contributed by atoms with Crippen molar-refractivity contribution in [1.82, 2.24) is 4.98 Å². The van der Waals surface area contributed by atoms with Crippen molar-refractivity contribution < 1.29 is 4.79 Å². The fourth-order valence-electron chi connectivity index (χ4n) is 2.56. The third-order valence-corrected chi connectivity index (χ3v) is 3.67. The van der Waals surface area contributed by atoms with E-state index in [0.29, 0.717) is 5.56 Å². The molecule has 0 saturated carbocycles. The van der Waals surface area contributed by atoms with Gasteiger partial charge in [-0.2, -0.15) is 0 Å². The molecule has 0 bridgehead atoms. The molecule has 2 aromatic carbocycles. The van der Waals surface area contributed by atoms with Gasteiger partial charge in [0.25, 0.3) is 5.91 Å². The van der Waals surface area contributed by atoms with Crippen LogP contribution >= 0.6 is 0 Å². The lowest BCUT2D eigenvalue weighted by molar-refractivity contribution is 0.102. The Hall–Kier alpha value is -2.81. The largest absolute Gasteiger partial charge is 0.361 e. The molecule has 0 aliphatic heterocycles. The van der Waals surface area contributed by atoms with E-state index in [1.165, 1.54) is 0 Å². The summed E-state index contributed by atoms with van der Waals surface area (Å²) in [5, 5.41) is 4.09. The van der Waals surface area contributed by atoms with E-state index in [9.17, 15) is 4.79 Å². The van der Waals surface area contributed by atoms with E-state index in [1.807, 2.05) is 74.7 Å². The smallest absolute Gasteiger partial charge is 0.255 e. The van der Waals surface area contributed by atoms with Crippen LogP contribution in [0, 0.1) is 6.92 Å². The topological polar surface area (TPSA) is 44.9 Å². The molecule has 0 atom stereocenters. The average molecular weight is 290 g/mol. The second-order valence-corrected chi connectivity index (χ2v) is 5.31. The van der Waals surface area contributed by atoms with E-state index in [-0.39, 0.29) is 5.91 Å². The number of anilines is 1. The molecule has 0 spiro atoms. The average Bonchev–Trinajstić information content (AvgIpc) is 2.95. The maximum Gasteiger partial charge on any atom is 0.255 e. The van der Waals surface area contributed by atoms with Gasteiger partial charge in [-0.15, -0.1) is 0 Å². The number of rotatable bonds is 3. The van der Waals surface area contributed by atoms with Crippen LogP contribution in [0.3, 0.4) is 0 Å². The van der Waals surface area contributed by atoms with Gasteiger partial charge in [-0.1, -0.05) is 30.4 Å². The van der Waals surface area contributed by atoms with E-state index >= 15 is 0 Å². The molecule has 3 aromatic rings. The minimum absolute atomic E-state index is 0.0876. The summed E-state index contributed by atoms with van der Waals surface area (Å²) in [6, 6.07) is 13.7. The Balaban J connectivity index is 1.84. The van der Waals surface area contributed by atoms with Crippen molar-refractivity contribution in [3.63, 3.8) is 0 Å². The van der Waals surface area contributed by atoms with E-state index in [0.717, 1.165) is 27.7 Å². The number of allylic oxidation sites excluding steroid dienone is 1. The van der Waals surface area contributed by atoms with Gasteiger partial charge < -0.3 is 10.3 Å². The molecule has 0 aliphatic rings. The number of aromatic nitrogens is 1.